The molecule has 3 aliphatic rings. The number of nitrogens with one attached hydrogen (secondary N) is 1. The lowest BCUT2D eigenvalue weighted by Gasteiger charge is -2.28. The highest BCUT2D eigenvalue weighted by atomic mass is 19.1. The smallest absolute Gasteiger partial charge is 0.253 e. The van der Waals surface area contributed by atoms with Crippen molar-refractivity contribution in [1.29, 1.82) is 0 Å². The second kappa shape index (κ2) is 8.51. The first-order chi connectivity index (χ1) is 15.5. The third-order valence-electron chi connectivity index (χ3n) is 6.91. The molecule has 0 spiro atoms. The number of amides is 1. The van der Waals surface area contributed by atoms with Crippen molar-refractivity contribution in [3.05, 3.63) is 71.2 Å². The molecule has 6 heteroatoms. The number of hydrogen-bond donors (Lipinski definition) is 2. The first-order valence-corrected chi connectivity index (χ1v) is 11.4. The molecule has 1 amide bonds. The van der Waals surface area contributed by atoms with Crippen LogP contribution >= 0.6 is 0 Å². The van der Waals surface area contributed by atoms with Gasteiger partial charge in [0.2, 0.25) is 0 Å². The number of fused-ring (bicyclic) bond motifs is 2. The molecular formula is C26H28FN3O2. The summed E-state index contributed by atoms with van der Waals surface area (Å²) in [7, 11) is 0. The van der Waals surface area contributed by atoms with Crippen LogP contribution in [-0.4, -0.2) is 40.0 Å². The normalized spacial score (nSPS) is 27.1. The molecule has 0 bridgehead atoms. The fourth-order valence-corrected chi connectivity index (χ4v) is 5.17. The van der Waals surface area contributed by atoms with Crippen molar-refractivity contribution in [1.82, 2.24) is 9.88 Å². The summed E-state index contributed by atoms with van der Waals surface area (Å²) < 4.78 is 16.9. The van der Waals surface area contributed by atoms with Gasteiger partial charge in [0.25, 0.3) is 5.91 Å². The molecule has 4 atom stereocenters. The number of rotatable bonds is 4. The summed E-state index contributed by atoms with van der Waals surface area (Å²) in [5.74, 6) is -0.630. The second-order valence-corrected chi connectivity index (χ2v) is 8.97. The topological polar surface area (TPSA) is 66.6 Å². The summed E-state index contributed by atoms with van der Waals surface area (Å²) in [4.78, 5) is 17.6. The molecule has 5 rings (SSSR count). The van der Waals surface area contributed by atoms with Gasteiger partial charge in [-0.2, -0.15) is 0 Å². The van der Waals surface area contributed by atoms with Crippen molar-refractivity contribution in [2.24, 2.45) is 10.9 Å². The first kappa shape index (κ1) is 20.9. The Kier molecular flexibility index (Phi) is 5.55. The van der Waals surface area contributed by atoms with Crippen molar-refractivity contribution in [2.75, 3.05) is 0 Å². The average molecular weight is 434 g/mol. The van der Waals surface area contributed by atoms with Gasteiger partial charge in [0.05, 0.1) is 29.3 Å². The molecule has 32 heavy (non-hydrogen) atoms. The van der Waals surface area contributed by atoms with Crippen LogP contribution in [-0.2, 0) is 6.54 Å². The van der Waals surface area contributed by atoms with Crippen molar-refractivity contribution in [2.45, 2.75) is 57.3 Å². The van der Waals surface area contributed by atoms with Crippen LogP contribution in [0.2, 0.25) is 0 Å². The fraction of sp³-hybridized carbons (Fsp3) is 0.385. The molecule has 2 N–H and O–H groups in total. The number of aliphatic hydroxyl groups is 1. The van der Waals surface area contributed by atoms with Gasteiger partial charge in [-0.1, -0.05) is 37.1 Å². The summed E-state index contributed by atoms with van der Waals surface area (Å²) in [6, 6.07) is 4.75. The third kappa shape index (κ3) is 3.73. The quantitative estimate of drug-likeness (QED) is 0.754. The van der Waals surface area contributed by atoms with E-state index in [1.54, 1.807) is 12.3 Å². The van der Waals surface area contributed by atoms with Crippen molar-refractivity contribution in [3.63, 3.8) is 0 Å². The molecule has 166 valence electrons. The Hall–Kier alpha value is -2.99. The Bertz CT molecular complexity index is 1170. The summed E-state index contributed by atoms with van der Waals surface area (Å²) in [6.45, 7) is 2.67. The van der Waals surface area contributed by atoms with Gasteiger partial charge in [0, 0.05) is 30.3 Å². The number of halogens is 1. The lowest BCUT2D eigenvalue weighted by atomic mass is 9.83. The summed E-state index contributed by atoms with van der Waals surface area (Å²) in [5, 5.41) is 13.5. The highest BCUT2D eigenvalue weighted by Gasteiger charge is 2.28. The van der Waals surface area contributed by atoms with E-state index in [1.807, 2.05) is 22.9 Å². The van der Waals surface area contributed by atoms with Crippen LogP contribution in [0.3, 0.4) is 0 Å². The van der Waals surface area contributed by atoms with E-state index in [1.165, 1.54) is 17.2 Å². The maximum atomic E-state index is 14.9. The Morgan fingerprint density at radius 1 is 1.25 bits per heavy atom. The van der Waals surface area contributed by atoms with Crippen LogP contribution in [0, 0.1) is 11.7 Å². The number of benzene rings is 1. The lowest BCUT2D eigenvalue weighted by molar-refractivity contribution is 0.0718. The van der Waals surface area contributed by atoms with E-state index in [4.69, 9.17) is 0 Å². The van der Waals surface area contributed by atoms with Crippen molar-refractivity contribution >= 4 is 23.0 Å². The Balaban J connectivity index is 1.47. The molecule has 2 heterocycles. The predicted octanol–water partition coefficient (Wildman–Crippen LogP) is 4.33. The minimum Gasteiger partial charge on any atom is -0.391 e. The van der Waals surface area contributed by atoms with Crippen LogP contribution < -0.4 is 5.32 Å². The van der Waals surface area contributed by atoms with E-state index >= 15 is 0 Å². The van der Waals surface area contributed by atoms with Crippen LogP contribution in [0.15, 0.2) is 64.8 Å². The lowest BCUT2D eigenvalue weighted by Crippen LogP contribution is -2.45. The monoisotopic (exact) mass is 433 g/mol. The van der Waals surface area contributed by atoms with Gasteiger partial charge < -0.3 is 15.0 Å². The van der Waals surface area contributed by atoms with Gasteiger partial charge in [-0.15, -0.1) is 0 Å². The van der Waals surface area contributed by atoms with Crippen LogP contribution in [0.4, 0.5) is 4.39 Å². The molecular weight excluding hydrogens is 405 g/mol. The summed E-state index contributed by atoms with van der Waals surface area (Å²) in [6.07, 6.45) is 14.8. The van der Waals surface area contributed by atoms with E-state index in [0.717, 1.165) is 19.3 Å². The zero-order chi connectivity index (χ0) is 22.2. The Morgan fingerprint density at radius 3 is 2.94 bits per heavy atom. The number of aliphatic hydroxyl groups excluding tert-OH is 1. The van der Waals surface area contributed by atoms with Gasteiger partial charge in [-0.3, -0.25) is 9.79 Å². The van der Waals surface area contributed by atoms with Crippen LogP contribution in [0.5, 0.6) is 0 Å². The van der Waals surface area contributed by atoms with E-state index in [0.29, 0.717) is 29.4 Å². The standard InChI is InChI=1S/C26H28FN3O2/c1-16-18-7-4-6-17(19(18)12-13-28-16)14-30-15-20(25-21(27)8-5-10-23(25)30)26(32)29-22-9-2-3-11-24(22)31/h4-8,10,12-13,15-17,22,24,31H,2-3,9,11,14H2,1H3,(H,29,32)/t16?,17?,22-,24-/m0/s1. The number of aliphatic imine (C=N–C) groups is 1. The first-order valence-electron chi connectivity index (χ1n) is 11.4. The van der Waals surface area contributed by atoms with Gasteiger partial charge >= 0.3 is 0 Å². The molecule has 1 aromatic carbocycles. The third-order valence-corrected chi connectivity index (χ3v) is 6.91. The number of allylic oxidation sites excluding steroid dienone is 4. The highest BCUT2D eigenvalue weighted by Crippen LogP contribution is 2.34. The number of carbonyl (C=O) groups excluding carboxylic acids is 1. The second-order valence-electron chi connectivity index (χ2n) is 8.97. The van der Waals surface area contributed by atoms with Gasteiger partial charge in [0.15, 0.2) is 0 Å². The minimum absolute atomic E-state index is 0.110. The molecule has 2 aromatic rings. The molecule has 1 fully saturated rings. The molecule has 1 aliphatic heterocycles. The van der Waals surface area contributed by atoms with Gasteiger partial charge in [0.1, 0.15) is 5.82 Å². The van der Waals surface area contributed by atoms with E-state index in [2.05, 4.69) is 35.5 Å². The zero-order valence-corrected chi connectivity index (χ0v) is 18.2. The summed E-state index contributed by atoms with van der Waals surface area (Å²) in [5.41, 5.74) is 3.43. The number of dihydropyridines is 1. The number of aromatic nitrogens is 1. The number of carbonyl (C=O) groups is 1. The average Bonchev–Trinajstić information content (AvgIpc) is 3.16. The van der Waals surface area contributed by atoms with Crippen LogP contribution in [0.25, 0.3) is 10.9 Å². The maximum absolute atomic E-state index is 14.9. The Morgan fingerprint density at radius 2 is 2.09 bits per heavy atom. The van der Waals surface area contributed by atoms with Crippen molar-refractivity contribution < 1.29 is 14.3 Å². The zero-order valence-electron chi connectivity index (χ0n) is 18.2. The molecule has 0 radical (unpaired) electrons. The SMILES string of the molecule is CC1N=CC=C2C1=CC=CC2Cn1cc(C(=O)N[C@H]2CCCC[C@@H]2O)c2c(F)cccc21. The molecule has 1 aromatic heterocycles. The fourth-order valence-electron chi connectivity index (χ4n) is 5.17. The molecule has 1 saturated carbocycles. The highest BCUT2D eigenvalue weighted by molar-refractivity contribution is 6.07. The largest absolute Gasteiger partial charge is 0.391 e. The van der Waals surface area contributed by atoms with Crippen molar-refractivity contribution in [3.8, 4) is 0 Å². The maximum Gasteiger partial charge on any atom is 0.253 e. The van der Waals surface area contributed by atoms with E-state index < -0.39 is 11.9 Å². The van der Waals surface area contributed by atoms with Gasteiger partial charge in [-0.05, 0) is 49.1 Å². The predicted molar refractivity (Wildman–Crippen MR) is 124 cm³/mol. The van der Waals surface area contributed by atoms with Gasteiger partial charge in [-0.25, -0.2) is 4.39 Å². The van der Waals surface area contributed by atoms with Crippen LogP contribution in [0.1, 0.15) is 43.0 Å². The number of hydrogen-bond acceptors (Lipinski definition) is 3. The molecule has 5 nitrogen and oxygen atoms in total. The number of nitrogens with zero attached hydrogens (tertiary/aromatic N) is 2. The molecule has 0 saturated heterocycles. The van der Waals surface area contributed by atoms with E-state index in [9.17, 15) is 14.3 Å². The van der Waals surface area contributed by atoms with E-state index in [-0.39, 0.29) is 23.9 Å². The minimum atomic E-state index is -0.551. The molecule has 2 aliphatic carbocycles. The Labute approximate surface area is 187 Å². The summed E-state index contributed by atoms with van der Waals surface area (Å²) >= 11 is 0. The molecule has 2 unspecified atom stereocenters.